The van der Waals surface area contributed by atoms with Gasteiger partial charge in [0.2, 0.25) is 10.0 Å². The SMILES string of the molecule is CCCC(O)(CCC)CNC(=NCc1ccc(S(=O)(=O)NC)cc1)NCC. The van der Waals surface area contributed by atoms with Gasteiger partial charge in [0.25, 0.3) is 0 Å². The van der Waals surface area contributed by atoms with Crippen molar-refractivity contribution in [1.29, 1.82) is 0 Å². The lowest BCUT2D eigenvalue weighted by Crippen LogP contribution is -2.47. The Morgan fingerprint density at radius 1 is 1.07 bits per heavy atom. The van der Waals surface area contributed by atoms with Crippen molar-refractivity contribution in [3.05, 3.63) is 29.8 Å². The molecule has 0 spiro atoms. The first kappa shape index (κ1) is 23.4. The van der Waals surface area contributed by atoms with Gasteiger partial charge in [-0.1, -0.05) is 38.8 Å². The summed E-state index contributed by atoms with van der Waals surface area (Å²) in [5.74, 6) is 0.634. The predicted molar refractivity (Wildman–Crippen MR) is 110 cm³/mol. The molecule has 4 N–H and O–H groups in total. The zero-order chi connectivity index (χ0) is 20.3. The highest BCUT2D eigenvalue weighted by atomic mass is 32.2. The third-order valence-corrected chi connectivity index (χ3v) is 5.71. The third kappa shape index (κ3) is 7.86. The molecule has 8 heteroatoms. The number of sulfonamides is 1. The second-order valence-electron chi connectivity index (χ2n) is 6.62. The Balaban J connectivity index is 2.78. The first-order chi connectivity index (χ1) is 12.8. The molecular weight excluding hydrogens is 364 g/mol. The van der Waals surface area contributed by atoms with Gasteiger partial charge in [0.05, 0.1) is 17.0 Å². The van der Waals surface area contributed by atoms with Gasteiger partial charge in [-0.15, -0.1) is 0 Å². The minimum Gasteiger partial charge on any atom is -0.388 e. The van der Waals surface area contributed by atoms with E-state index in [-0.39, 0.29) is 4.90 Å². The van der Waals surface area contributed by atoms with Crippen molar-refractivity contribution in [3.63, 3.8) is 0 Å². The molecule has 0 aromatic heterocycles. The van der Waals surface area contributed by atoms with Crippen molar-refractivity contribution in [3.8, 4) is 0 Å². The Hall–Kier alpha value is -1.64. The van der Waals surface area contributed by atoms with Crippen LogP contribution in [0, 0.1) is 0 Å². The molecule has 0 amide bonds. The summed E-state index contributed by atoms with van der Waals surface area (Å²) >= 11 is 0. The standard InChI is InChI=1S/C19H34N4O3S/c1-5-12-19(24,13-6-2)15-23-18(21-7-3)22-14-16-8-10-17(11-9-16)27(25,26)20-4/h8-11,20,24H,5-7,12-15H2,1-4H3,(H2,21,22,23). The van der Waals surface area contributed by atoms with Crippen LogP contribution >= 0.6 is 0 Å². The molecule has 0 fully saturated rings. The maximum absolute atomic E-state index is 11.8. The van der Waals surface area contributed by atoms with Crippen molar-refractivity contribution >= 4 is 16.0 Å². The number of guanidine groups is 1. The second-order valence-corrected chi connectivity index (χ2v) is 8.51. The van der Waals surface area contributed by atoms with Gasteiger partial charge < -0.3 is 15.7 Å². The zero-order valence-electron chi connectivity index (χ0n) is 16.9. The van der Waals surface area contributed by atoms with Crippen molar-refractivity contribution in [2.75, 3.05) is 20.1 Å². The number of nitrogens with zero attached hydrogens (tertiary/aromatic N) is 1. The van der Waals surface area contributed by atoms with Gasteiger partial charge in [-0.25, -0.2) is 18.1 Å². The van der Waals surface area contributed by atoms with Crippen LogP contribution in [0.3, 0.4) is 0 Å². The Labute approximate surface area is 163 Å². The van der Waals surface area contributed by atoms with E-state index in [0.717, 1.165) is 31.2 Å². The van der Waals surface area contributed by atoms with Gasteiger partial charge in [-0.05, 0) is 44.5 Å². The molecular formula is C19H34N4O3S. The fraction of sp³-hybridized carbons (Fsp3) is 0.632. The summed E-state index contributed by atoms with van der Waals surface area (Å²) in [5, 5.41) is 17.1. The van der Waals surface area contributed by atoms with E-state index in [4.69, 9.17) is 0 Å². The van der Waals surface area contributed by atoms with E-state index in [0.29, 0.717) is 25.6 Å². The van der Waals surface area contributed by atoms with Gasteiger partial charge in [-0.3, -0.25) is 0 Å². The molecule has 0 heterocycles. The number of aliphatic hydroxyl groups is 1. The molecule has 7 nitrogen and oxygen atoms in total. The summed E-state index contributed by atoms with van der Waals surface area (Å²) in [4.78, 5) is 4.77. The van der Waals surface area contributed by atoms with Crippen LogP contribution in [-0.2, 0) is 16.6 Å². The predicted octanol–water partition coefficient (Wildman–Crippen LogP) is 1.98. The first-order valence-electron chi connectivity index (χ1n) is 9.57. The minimum atomic E-state index is -3.43. The average Bonchev–Trinajstić information content (AvgIpc) is 2.65. The fourth-order valence-corrected chi connectivity index (χ4v) is 3.61. The van der Waals surface area contributed by atoms with Crippen LogP contribution in [0.25, 0.3) is 0 Å². The Kier molecular flexibility index (Phi) is 9.76. The third-order valence-electron chi connectivity index (χ3n) is 4.28. The molecule has 1 aromatic rings. The van der Waals surface area contributed by atoms with Gasteiger partial charge in [0.1, 0.15) is 0 Å². The lowest BCUT2D eigenvalue weighted by atomic mass is 9.93. The molecule has 0 aliphatic rings. The van der Waals surface area contributed by atoms with E-state index in [1.54, 1.807) is 24.3 Å². The lowest BCUT2D eigenvalue weighted by Gasteiger charge is -2.28. The normalized spacial score (nSPS) is 12.9. The lowest BCUT2D eigenvalue weighted by molar-refractivity contribution is 0.0257. The Bertz CT molecular complexity index is 681. The van der Waals surface area contributed by atoms with E-state index in [2.05, 4.69) is 34.2 Å². The fourth-order valence-electron chi connectivity index (χ4n) is 2.88. The van der Waals surface area contributed by atoms with Crippen LogP contribution in [0.4, 0.5) is 0 Å². The van der Waals surface area contributed by atoms with E-state index < -0.39 is 15.6 Å². The summed E-state index contributed by atoms with van der Waals surface area (Å²) in [7, 11) is -2.04. The topological polar surface area (TPSA) is 103 Å². The van der Waals surface area contributed by atoms with Crippen LogP contribution in [-0.4, -0.2) is 45.2 Å². The number of benzene rings is 1. The van der Waals surface area contributed by atoms with Gasteiger partial charge in [0, 0.05) is 13.1 Å². The van der Waals surface area contributed by atoms with E-state index in [9.17, 15) is 13.5 Å². The van der Waals surface area contributed by atoms with Gasteiger partial charge >= 0.3 is 0 Å². The van der Waals surface area contributed by atoms with E-state index in [1.807, 2.05) is 6.92 Å². The highest BCUT2D eigenvalue weighted by molar-refractivity contribution is 7.89. The van der Waals surface area contributed by atoms with Gasteiger partial charge in [-0.2, -0.15) is 0 Å². The summed E-state index contributed by atoms with van der Waals surface area (Å²) < 4.78 is 25.8. The molecule has 0 unspecified atom stereocenters. The molecule has 0 saturated heterocycles. The smallest absolute Gasteiger partial charge is 0.240 e. The molecule has 27 heavy (non-hydrogen) atoms. The van der Waals surface area contributed by atoms with E-state index in [1.165, 1.54) is 7.05 Å². The first-order valence-corrected chi connectivity index (χ1v) is 11.1. The summed E-state index contributed by atoms with van der Waals surface area (Å²) in [6.07, 6.45) is 3.34. The molecule has 0 aliphatic heterocycles. The molecule has 154 valence electrons. The zero-order valence-corrected chi connectivity index (χ0v) is 17.7. The molecule has 1 rings (SSSR count). The monoisotopic (exact) mass is 398 g/mol. The van der Waals surface area contributed by atoms with Gasteiger partial charge in [0.15, 0.2) is 5.96 Å². The maximum Gasteiger partial charge on any atom is 0.240 e. The number of hydrogen-bond donors (Lipinski definition) is 4. The molecule has 0 saturated carbocycles. The van der Waals surface area contributed by atoms with Crippen molar-refractivity contribution in [2.45, 2.75) is 63.5 Å². The summed E-state index contributed by atoms with van der Waals surface area (Å²) in [6, 6.07) is 6.64. The average molecular weight is 399 g/mol. The maximum atomic E-state index is 11.8. The Morgan fingerprint density at radius 2 is 1.67 bits per heavy atom. The highest BCUT2D eigenvalue weighted by Crippen LogP contribution is 2.18. The molecule has 0 bridgehead atoms. The summed E-state index contributed by atoms with van der Waals surface area (Å²) in [6.45, 7) is 7.69. The van der Waals surface area contributed by atoms with Crippen LogP contribution in [0.2, 0.25) is 0 Å². The Morgan fingerprint density at radius 3 is 2.15 bits per heavy atom. The number of hydrogen-bond acceptors (Lipinski definition) is 4. The molecule has 0 radical (unpaired) electrons. The quantitative estimate of drug-likeness (QED) is 0.337. The molecule has 0 atom stereocenters. The molecule has 0 aliphatic carbocycles. The number of rotatable bonds is 11. The number of aliphatic imine (C=N–C) groups is 1. The second kappa shape index (κ2) is 11.3. The van der Waals surface area contributed by atoms with Crippen LogP contribution in [0.5, 0.6) is 0 Å². The van der Waals surface area contributed by atoms with Crippen LogP contribution < -0.4 is 15.4 Å². The van der Waals surface area contributed by atoms with E-state index >= 15 is 0 Å². The molecule has 1 aromatic carbocycles. The van der Waals surface area contributed by atoms with Crippen molar-refractivity contribution in [1.82, 2.24) is 15.4 Å². The summed E-state index contributed by atoms with van der Waals surface area (Å²) in [5.41, 5.74) is 0.169. The van der Waals surface area contributed by atoms with Crippen LogP contribution in [0.1, 0.15) is 52.0 Å². The van der Waals surface area contributed by atoms with Crippen LogP contribution in [0.15, 0.2) is 34.2 Å². The minimum absolute atomic E-state index is 0.229. The number of nitrogens with one attached hydrogen (secondary N) is 3. The largest absolute Gasteiger partial charge is 0.388 e. The highest BCUT2D eigenvalue weighted by Gasteiger charge is 2.24. The van der Waals surface area contributed by atoms with Crippen molar-refractivity contribution in [2.24, 2.45) is 4.99 Å². The van der Waals surface area contributed by atoms with Crippen molar-refractivity contribution < 1.29 is 13.5 Å².